The van der Waals surface area contributed by atoms with Crippen LogP contribution in [0.5, 0.6) is 0 Å². The molecule has 1 heterocycles. The summed E-state index contributed by atoms with van der Waals surface area (Å²) in [6.45, 7) is 3.70. The molecule has 0 unspecified atom stereocenters. The summed E-state index contributed by atoms with van der Waals surface area (Å²) in [7, 11) is 1.31. The molecule has 0 spiro atoms. The van der Waals surface area contributed by atoms with E-state index >= 15 is 0 Å². The molecule has 3 aliphatic rings. The number of anilines is 1. The number of methoxy groups -OCH3 is 1. The van der Waals surface area contributed by atoms with E-state index in [0.717, 1.165) is 36.1 Å². The highest BCUT2D eigenvalue weighted by molar-refractivity contribution is 7.16. The number of carboxylic acids is 1. The monoisotopic (exact) mass is 365 g/mol. The van der Waals surface area contributed by atoms with Gasteiger partial charge >= 0.3 is 11.9 Å². The lowest BCUT2D eigenvalue weighted by Crippen LogP contribution is -2.49. The maximum absolute atomic E-state index is 12.9. The Kier molecular flexibility index (Phi) is 4.86. The SMILES string of the molecule is COC(=O)c1c(NC(=O)[C@H]2C3CCC(CC3)[C@@H]2C(=O)O)sc(C)c1C. The molecule has 3 saturated carbocycles. The summed E-state index contributed by atoms with van der Waals surface area (Å²) in [5.41, 5.74) is 1.15. The van der Waals surface area contributed by atoms with Crippen molar-refractivity contribution in [2.75, 3.05) is 12.4 Å². The molecule has 2 N–H and O–H groups in total. The third kappa shape index (κ3) is 3.05. The number of rotatable bonds is 4. The lowest BCUT2D eigenvalue weighted by atomic mass is 9.58. The van der Waals surface area contributed by atoms with Crippen molar-refractivity contribution >= 4 is 34.2 Å². The molecule has 7 heteroatoms. The molecule has 0 radical (unpaired) electrons. The van der Waals surface area contributed by atoms with Gasteiger partial charge in [-0.25, -0.2) is 4.79 Å². The summed E-state index contributed by atoms with van der Waals surface area (Å²) < 4.78 is 4.83. The van der Waals surface area contributed by atoms with Crippen LogP contribution in [0.2, 0.25) is 0 Å². The topological polar surface area (TPSA) is 92.7 Å². The number of aliphatic carboxylic acids is 1. The summed E-state index contributed by atoms with van der Waals surface area (Å²) in [5, 5.41) is 12.9. The van der Waals surface area contributed by atoms with E-state index in [4.69, 9.17) is 4.74 Å². The number of esters is 1. The molecule has 0 aromatic carbocycles. The van der Waals surface area contributed by atoms with Crippen LogP contribution in [-0.4, -0.2) is 30.1 Å². The van der Waals surface area contributed by atoms with Crippen LogP contribution in [0, 0.1) is 37.5 Å². The molecule has 4 rings (SSSR count). The Labute approximate surface area is 150 Å². The summed E-state index contributed by atoms with van der Waals surface area (Å²) in [6, 6.07) is 0. The molecule has 0 saturated heterocycles. The van der Waals surface area contributed by atoms with E-state index in [-0.39, 0.29) is 17.7 Å². The molecular weight excluding hydrogens is 342 g/mol. The smallest absolute Gasteiger partial charge is 0.341 e. The molecule has 1 aromatic heterocycles. The van der Waals surface area contributed by atoms with Crippen LogP contribution in [0.1, 0.15) is 46.5 Å². The van der Waals surface area contributed by atoms with Crippen LogP contribution in [0.25, 0.3) is 0 Å². The summed E-state index contributed by atoms with van der Waals surface area (Å²) in [6.07, 6.45) is 3.57. The average Bonchev–Trinajstić information content (AvgIpc) is 2.88. The van der Waals surface area contributed by atoms with E-state index in [1.165, 1.54) is 18.4 Å². The Hall–Kier alpha value is -1.89. The summed E-state index contributed by atoms with van der Waals surface area (Å²) in [4.78, 5) is 37.7. The van der Waals surface area contributed by atoms with Gasteiger partial charge in [0.2, 0.25) is 5.91 Å². The number of fused-ring (bicyclic) bond motifs is 3. The lowest BCUT2D eigenvalue weighted by Gasteiger charge is -2.45. The quantitative estimate of drug-likeness (QED) is 0.799. The zero-order chi connectivity index (χ0) is 18.3. The third-order valence-electron chi connectivity index (χ3n) is 5.82. The van der Waals surface area contributed by atoms with Crippen molar-refractivity contribution in [2.24, 2.45) is 23.7 Å². The van der Waals surface area contributed by atoms with Crippen LogP contribution in [0.4, 0.5) is 5.00 Å². The second kappa shape index (κ2) is 6.78. The van der Waals surface area contributed by atoms with E-state index < -0.39 is 23.8 Å². The Morgan fingerprint density at radius 1 is 1.08 bits per heavy atom. The Balaban J connectivity index is 1.88. The van der Waals surface area contributed by atoms with Gasteiger partial charge in [-0.3, -0.25) is 9.59 Å². The minimum Gasteiger partial charge on any atom is -0.481 e. The van der Waals surface area contributed by atoms with Crippen LogP contribution >= 0.6 is 11.3 Å². The number of ether oxygens (including phenoxy) is 1. The Morgan fingerprint density at radius 3 is 2.16 bits per heavy atom. The predicted molar refractivity (Wildman–Crippen MR) is 93.8 cm³/mol. The number of carbonyl (C=O) groups is 3. The highest BCUT2D eigenvalue weighted by atomic mass is 32.1. The lowest BCUT2D eigenvalue weighted by molar-refractivity contribution is -0.156. The van der Waals surface area contributed by atoms with Crippen molar-refractivity contribution in [2.45, 2.75) is 39.5 Å². The van der Waals surface area contributed by atoms with E-state index in [2.05, 4.69) is 5.32 Å². The van der Waals surface area contributed by atoms with Gasteiger partial charge < -0.3 is 15.2 Å². The average molecular weight is 365 g/mol. The van der Waals surface area contributed by atoms with E-state index in [0.29, 0.717) is 10.6 Å². The molecule has 3 fully saturated rings. The summed E-state index contributed by atoms with van der Waals surface area (Å²) in [5.74, 6) is -2.64. The van der Waals surface area contributed by atoms with Gasteiger partial charge in [0.1, 0.15) is 5.00 Å². The van der Waals surface area contributed by atoms with Gasteiger partial charge in [-0.1, -0.05) is 0 Å². The van der Waals surface area contributed by atoms with Crippen LogP contribution in [0.15, 0.2) is 0 Å². The first-order valence-electron chi connectivity index (χ1n) is 8.57. The van der Waals surface area contributed by atoms with Crippen LogP contribution in [0.3, 0.4) is 0 Å². The predicted octanol–water partition coefficient (Wildman–Crippen LogP) is 3.23. The summed E-state index contributed by atoms with van der Waals surface area (Å²) >= 11 is 1.33. The van der Waals surface area contributed by atoms with Gasteiger partial charge in [0.15, 0.2) is 0 Å². The second-order valence-electron chi connectivity index (χ2n) is 7.03. The fourth-order valence-electron chi connectivity index (χ4n) is 4.44. The zero-order valence-electron chi connectivity index (χ0n) is 14.6. The normalized spacial score (nSPS) is 27.8. The highest BCUT2D eigenvalue weighted by Gasteiger charge is 2.50. The first kappa shape index (κ1) is 17.9. The van der Waals surface area contributed by atoms with Crippen molar-refractivity contribution in [1.29, 1.82) is 0 Å². The molecule has 1 amide bonds. The number of carboxylic acid groups (broad SMARTS) is 1. The number of carbonyl (C=O) groups excluding carboxylic acids is 2. The number of nitrogens with one attached hydrogen (secondary N) is 1. The highest BCUT2D eigenvalue weighted by Crippen LogP contribution is 2.49. The molecule has 2 bridgehead atoms. The number of aryl methyl sites for hydroxylation is 1. The number of thiophene rings is 1. The van der Waals surface area contributed by atoms with E-state index in [1.807, 2.05) is 13.8 Å². The number of hydrogen-bond donors (Lipinski definition) is 2. The Morgan fingerprint density at radius 2 is 1.64 bits per heavy atom. The fourth-order valence-corrected chi connectivity index (χ4v) is 5.49. The molecular formula is C18H23NO5S. The molecule has 2 atom stereocenters. The van der Waals surface area contributed by atoms with Gasteiger partial charge in [0, 0.05) is 4.88 Å². The molecule has 3 aliphatic carbocycles. The van der Waals surface area contributed by atoms with Crippen molar-refractivity contribution < 1.29 is 24.2 Å². The van der Waals surface area contributed by atoms with Crippen LogP contribution < -0.4 is 5.32 Å². The third-order valence-corrected chi connectivity index (χ3v) is 6.94. The first-order chi connectivity index (χ1) is 11.8. The van der Waals surface area contributed by atoms with Gasteiger partial charge in [0.25, 0.3) is 0 Å². The van der Waals surface area contributed by atoms with Crippen molar-refractivity contribution in [3.8, 4) is 0 Å². The number of amides is 1. The van der Waals surface area contributed by atoms with E-state index in [9.17, 15) is 19.5 Å². The molecule has 136 valence electrons. The van der Waals surface area contributed by atoms with Crippen molar-refractivity contribution in [3.05, 3.63) is 16.0 Å². The van der Waals surface area contributed by atoms with Crippen molar-refractivity contribution in [3.63, 3.8) is 0 Å². The largest absolute Gasteiger partial charge is 0.481 e. The maximum atomic E-state index is 12.9. The number of hydrogen-bond acceptors (Lipinski definition) is 5. The second-order valence-corrected chi connectivity index (χ2v) is 8.26. The minimum atomic E-state index is -0.888. The fraction of sp³-hybridized carbons (Fsp3) is 0.611. The van der Waals surface area contributed by atoms with E-state index in [1.54, 1.807) is 0 Å². The van der Waals surface area contributed by atoms with Crippen LogP contribution in [-0.2, 0) is 14.3 Å². The molecule has 1 aromatic rings. The maximum Gasteiger partial charge on any atom is 0.341 e. The van der Waals surface area contributed by atoms with Gasteiger partial charge in [-0.2, -0.15) is 0 Å². The molecule has 0 aliphatic heterocycles. The zero-order valence-corrected chi connectivity index (χ0v) is 15.4. The van der Waals surface area contributed by atoms with Crippen molar-refractivity contribution in [1.82, 2.24) is 0 Å². The first-order valence-corrected chi connectivity index (χ1v) is 9.38. The minimum absolute atomic E-state index is 0.0742. The van der Waals surface area contributed by atoms with Gasteiger partial charge in [-0.15, -0.1) is 11.3 Å². The standard InChI is InChI=1S/C18H23NO5S/c1-8-9(2)25-16(12(8)18(23)24-3)19-15(20)13-10-4-6-11(7-5-10)14(13)17(21)22/h10-11,13-14H,4-7H2,1-3H3,(H,19,20)(H,21,22)/t10?,11?,13-,14-/m0/s1. The molecule has 6 nitrogen and oxygen atoms in total. The van der Waals surface area contributed by atoms with Gasteiger partial charge in [-0.05, 0) is 56.9 Å². The molecule has 25 heavy (non-hydrogen) atoms. The van der Waals surface area contributed by atoms with Gasteiger partial charge in [0.05, 0.1) is 24.5 Å². The Bertz CT molecular complexity index is 717.